The Bertz CT molecular complexity index is 790. The molecule has 2 fully saturated rings. The molecule has 2 unspecified atom stereocenters. The lowest BCUT2D eigenvalue weighted by molar-refractivity contribution is -0.150. The third kappa shape index (κ3) is 3.47. The monoisotopic (exact) mass is 352 g/mol. The van der Waals surface area contributed by atoms with Crippen LogP contribution in [0.25, 0.3) is 11.1 Å². The van der Waals surface area contributed by atoms with Gasteiger partial charge in [-0.3, -0.25) is 0 Å². The van der Waals surface area contributed by atoms with E-state index < -0.39 is 6.10 Å². The van der Waals surface area contributed by atoms with Crippen molar-refractivity contribution < 1.29 is 19.0 Å². The summed E-state index contributed by atoms with van der Waals surface area (Å²) in [5.74, 6) is 0.581. The maximum Gasteiger partial charge on any atom is 0.338 e. The van der Waals surface area contributed by atoms with Crippen molar-refractivity contribution in [2.45, 2.75) is 50.9 Å². The Labute approximate surface area is 154 Å². The van der Waals surface area contributed by atoms with Crippen molar-refractivity contribution in [2.24, 2.45) is 0 Å². The van der Waals surface area contributed by atoms with Gasteiger partial charge in [0.15, 0.2) is 6.10 Å². The van der Waals surface area contributed by atoms with Gasteiger partial charge in [-0.05, 0) is 55.9 Å². The summed E-state index contributed by atoms with van der Waals surface area (Å²) in [6.45, 7) is 2.07. The quantitative estimate of drug-likeness (QED) is 0.583. The number of carbonyl (C=O) groups is 1. The maximum atomic E-state index is 12.3. The van der Waals surface area contributed by atoms with Crippen LogP contribution in [0.4, 0.5) is 0 Å². The van der Waals surface area contributed by atoms with E-state index in [2.05, 4.69) is 37.3 Å². The van der Waals surface area contributed by atoms with Crippen LogP contribution in [-0.2, 0) is 14.3 Å². The van der Waals surface area contributed by atoms with Gasteiger partial charge in [0.2, 0.25) is 0 Å². The van der Waals surface area contributed by atoms with E-state index in [1.165, 1.54) is 5.56 Å². The maximum absolute atomic E-state index is 12.3. The van der Waals surface area contributed by atoms with Crippen molar-refractivity contribution in [3.8, 4) is 16.9 Å². The van der Waals surface area contributed by atoms with Crippen LogP contribution in [0.1, 0.15) is 42.9 Å². The Hall–Kier alpha value is -2.33. The van der Waals surface area contributed by atoms with Crippen molar-refractivity contribution in [3.05, 3.63) is 53.6 Å². The summed E-state index contributed by atoms with van der Waals surface area (Å²) >= 11 is 0. The van der Waals surface area contributed by atoms with E-state index >= 15 is 0 Å². The molecule has 1 saturated heterocycles. The largest absolute Gasteiger partial charge is 0.496 e. The van der Waals surface area contributed by atoms with Gasteiger partial charge in [0.25, 0.3) is 0 Å². The second kappa shape index (κ2) is 7.12. The van der Waals surface area contributed by atoms with Gasteiger partial charge in [-0.1, -0.05) is 35.9 Å². The van der Waals surface area contributed by atoms with Crippen LogP contribution in [0.3, 0.4) is 0 Å². The summed E-state index contributed by atoms with van der Waals surface area (Å²) in [6.07, 6.45) is 3.61. The van der Waals surface area contributed by atoms with E-state index in [0.717, 1.165) is 48.1 Å². The van der Waals surface area contributed by atoms with Crippen LogP contribution in [0.5, 0.6) is 5.75 Å². The average molecular weight is 352 g/mol. The van der Waals surface area contributed by atoms with E-state index in [9.17, 15) is 4.79 Å². The number of ether oxygens (including phenoxy) is 3. The van der Waals surface area contributed by atoms with E-state index in [4.69, 9.17) is 14.2 Å². The molecule has 1 saturated carbocycles. The van der Waals surface area contributed by atoms with Gasteiger partial charge in [-0.25, -0.2) is 4.79 Å². The van der Waals surface area contributed by atoms with Gasteiger partial charge >= 0.3 is 5.97 Å². The molecule has 0 aromatic heterocycles. The van der Waals surface area contributed by atoms with Crippen molar-refractivity contribution in [1.82, 2.24) is 0 Å². The first-order valence-corrected chi connectivity index (χ1v) is 9.26. The number of benzene rings is 2. The Balaban J connectivity index is 1.52. The molecule has 4 rings (SSSR count). The summed E-state index contributed by atoms with van der Waals surface area (Å²) in [4.78, 5) is 12.3. The van der Waals surface area contributed by atoms with Crippen LogP contribution in [-0.4, -0.2) is 25.3 Å². The number of methoxy groups -OCH3 is 1. The smallest absolute Gasteiger partial charge is 0.338 e. The number of hydrogen-bond donors (Lipinski definition) is 0. The van der Waals surface area contributed by atoms with Crippen molar-refractivity contribution in [3.63, 3.8) is 0 Å². The summed E-state index contributed by atoms with van der Waals surface area (Å²) in [6, 6.07) is 14.3. The zero-order valence-corrected chi connectivity index (χ0v) is 15.2. The first-order chi connectivity index (χ1) is 12.7. The highest BCUT2D eigenvalue weighted by atomic mass is 16.6. The summed E-state index contributed by atoms with van der Waals surface area (Å²) in [5.41, 5.74) is 4.28. The third-order valence-electron chi connectivity index (χ3n) is 5.22. The Morgan fingerprint density at radius 2 is 1.81 bits per heavy atom. The summed E-state index contributed by atoms with van der Waals surface area (Å²) in [7, 11) is 1.67. The minimum Gasteiger partial charge on any atom is -0.496 e. The minimum atomic E-state index is -0.477. The van der Waals surface area contributed by atoms with Gasteiger partial charge in [0, 0.05) is 5.56 Å². The average Bonchev–Trinajstić information content (AvgIpc) is 3.31. The van der Waals surface area contributed by atoms with Crippen molar-refractivity contribution >= 4 is 5.97 Å². The molecule has 26 heavy (non-hydrogen) atoms. The van der Waals surface area contributed by atoms with Crippen molar-refractivity contribution in [2.75, 3.05) is 7.11 Å². The molecule has 1 aliphatic carbocycles. The highest BCUT2D eigenvalue weighted by Gasteiger charge is 2.48. The van der Waals surface area contributed by atoms with Crippen LogP contribution in [0, 0.1) is 6.92 Å². The predicted octanol–water partition coefficient (Wildman–Crippen LogP) is 4.60. The molecule has 136 valence electrons. The number of aryl methyl sites for hydroxylation is 1. The lowest BCUT2D eigenvalue weighted by Crippen LogP contribution is -2.19. The van der Waals surface area contributed by atoms with Gasteiger partial charge in [-0.15, -0.1) is 0 Å². The van der Waals surface area contributed by atoms with E-state index in [-0.39, 0.29) is 18.2 Å². The van der Waals surface area contributed by atoms with Crippen LogP contribution >= 0.6 is 0 Å². The number of rotatable bonds is 5. The standard InChI is InChI=1S/C22H24O4/c1-14-7-9-15(10-8-14)18-13-16(11-12-19(18)24-2)20-21(26-20)22(23)25-17-5-3-4-6-17/h7-13,17,20-21H,3-6H2,1-2H3. The second-order valence-electron chi connectivity index (χ2n) is 7.15. The zero-order chi connectivity index (χ0) is 18.1. The molecule has 4 nitrogen and oxygen atoms in total. The number of epoxide rings is 1. The first-order valence-electron chi connectivity index (χ1n) is 9.26. The Kier molecular flexibility index (Phi) is 4.68. The molecule has 0 spiro atoms. The zero-order valence-electron chi connectivity index (χ0n) is 15.2. The lowest BCUT2D eigenvalue weighted by Gasteiger charge is -2.11. The number of hydrogen-bond acceptors (Lipinski definition) is 4. The number of carbonyl (C=O) groups excluding carboxylic acids is 1. The van der Waals surface area contributed by atoms with E-state index in [0.29, 0.717) is 0 Å². The second-order valence-corrected chi connectivity index (χ2v) is 7.15. The molecular weight excluding hydrogens is 328 g/mol. The Morgan fingerprint density at radius 3 is 2.50 bits per heavy atom. The highest BCUT2D eigenvalue weighted by Crippen LogP contribution is 2.43. The summed E-state index contributed by atoms with van der Waals surface area (Å²) < 4.78 is 16.7. The predicted molar refractivity (Wildman–Crippen MR) is 99.1 cm³/mol. The van der Waals surface area contributed by atoms with Gasteiger partial charge in [0.1, 0.15) is 18.0 Å². The van der Waals surface area contributed by atoms with Crippen LogP contribution in [0.2, 0.25) is 0 Å². The summed E-state index contributed by atoms with van der Waals surface area (Å²) in [5, 5.41) is 0. The first kappa shape index (κ1) is 17.1. The molecule has 1 aliphatic heterocycles. The fourth-order valence-electron chi connectivity index (χ4n) is 3.64. The molecule has 2 atom stereocenters. The molecule has 0 radical (unpaired) electrons. The molecule has 4 heteroatoms. The molecule has 2 aromatic rings. The highest BCUT2D eigenvalue weighted by molar-refractivity contribution is 5.79. The van der Waals surface area contributed by atoms with E-state index in [1.807, 2.05) is 12.1 Å². The molecule has 0 bridgehead atoms. The molecule has 2 aromatic carbocycles. The molecular formula is C22H24O4. The van der Waals surface area contributed by atoms with Crippen molar-refractivity contribution in [1.29, 1.82) is 0 Å². The molecule has 2 aliphatic rings. The van der Waals surface area contributed by atoms with Crippen LogP contribution in [0.15, 0.2) is 42.5 Å². The third-order valence-corrected chi connectivity index (χ3v) is 5.22. The topological polar surface area (TPSA) is 48.1 Å². The van der Waals surface area contributed by atoms with Gasteiger partial charge in [0.05, 0.1) is 7.11 Å². The lowest BCUT2D eigenvalue weighted by atomic mass is 9.99. The fraction of sp³-hybridized carbons (Fsp3) is 0.409. The molecule has 0 N–H and O–H groups in total. The van der Waals surface area contributed by atoms with Gasteiger partial charge in [-0.2, -0.15) is 0 Å². The van der Waals surface area contributed by atoms with Crippen LogP contribution < -0.4 is 4.74 Å². The number of esters is 1. The fourth-order valence-corrected chi connectivity index (χ4v) is 3.64. The Morgan fingerprint density at radius 1 is 1.08 bits per heavy atom. The minimum absolute atomic E-state index is 0.0753. The molecule has 0 amide bonds. The van der Waals surface area contributed by atoms with Gasteiger partial charge < -0.3 is 14.2 Å². The van der Waals surface area contributed by atoms with E-state index in [1.54, 1.807) is 7.11 Å². The molecule has 1 heterocycles. The SMILES string of the molecule is COc1ccc(C2OC2C(=O)OC2CCCC2)cc1-c1ccc(C)cc1. The normalized spacial score (nSPS) is 22.2.